The van der Waals surface area contributed by atoms with Crippen LogP contribution in [0.1, 0.15) is 5.56 Å². The van der Waals surface area contributed by atoms with Crippen LogP contribution in [0.2, 0.25) is 0 Å². The second-order valence-electron chi connectivity index (χ2n) is 4.46. The largest absolute Gasteiger partial charge is 0.398 e. The Morgan fingerprint density at radius 3 is 2.80 bits per heavy atom. The van der Waals surface area contributed by atoms with E-state index in [0.717, 1.165) is 10.0 Å². The van der Waals surface area contributed by atoms with E-state index in [-0.39, 0.29) is 18.0 Å². The van der Waals surface area contributed by atoms with Gasteiger partial charge in [-0.05, 0) is 46.6 Å². The van der Waals surface area contributed by atoms with Gasteiger partial charge in [-0.25, -0.2) is 0 Å². The number of anilines is 2. The van der Waals surface area contributed by atoms with Crippen LogP contribution < -0.4 is 16.6 Å². The van der Waals surface area contributed by atoms with Crippen LogP contribution >= 0.6 is 15.9 Å². The van der Waals surface area contributed by atoms with Crippen LogP contribution in [-0.2, 0) is 11.3 Å². The van der Waals surface area contributed by atoms with Gasteiger partial charge in [0.25, 0.3) is 5.56 Å². The summed E-state index contributed by atoms with van der Waals surface area (Å²) >= 11 is 3.38. The Morgan fingerprint density at radius 2 is 2.10 bits per heavy atom. The van der Waals surface area contributed by atoms with Crippen molar-refractivity contribution in [2.75, 3.05) is 11.1 Å². The van der Waals surface area contributed by atoms with Crippen LogP contribution in [0, 0.1) is 6.92 Å². The molecule has 2 rings (SSSR count). The molecule has 0 aliphatic rings. The van der Waals surface area contributed by atoms with Crippen LogP contribution in [-0.4, -0.2) is 10.5 Å². The van der Waals surface area contributed by atoms with Crippen LogP contribution in [0.4, 0.5) is 11.4 Å². The fourth-order valence-electron chi connectivity index (χ4n) is 1.74. The standard InChI is InChI=1S/C14H14BrN3O2/c1-9-2-4-12(11(15)6-9)17-13(19)8-18-7-10(16)3-5-14(18)20/h2-7H,8,16H2,1H3,(H,17,19). The summed E-state index contributed by atoms with van der Waals surface area (Å²) in [5, 5.41) is 2.75. The summed E-state index contributed by atoms with van der Waals surface area (Å²) in [6, 6.07) is 8.45. The summed E-state index contributed by atoms with van der Waals surface area (Å²) in [4.78, 5) is 23.5. The second-order valence-corrected chi connectivity index (χ2v) is 5.31. The highest BCUT2D eigenvalue weighted by atomic mass is 79.9. The van der Waals surface area contributed by atoms with Crippen molar-refractivity contribution in [2.45, 2.75) is 13.5 Å². The van der Waals surface area contributed by atoms with Gasteiger partial charge in [-0.15, -0.1) is 0 Å². The first kappa shape index (κ1) is 14.3. The van der Waals surface area contributed by atoms with Crippen molar-refractivity contribution >= 4 is 33.2 Å². The summed E-state index contributed by atoms with van der Waals surface area (Å²) in [7, 11) is 0. The number of aromatic nitrogens is 1. The van der Waals surface area contributed by atoms with Gasteiger partial charge >= 0.3 is 0 Å². The number of nitrogens with one attached hydrogen (secondary N) is 1. The van der Waals surface area contributed by atoms with Crippen molar-refractivity contribution in [1.82, 2.24) is 4.57 Å². The first-order valence-electron chi connectivity index (χ1n) is 5.97. The van der Waals surface area contributed by atoms with Gasteiger partial charge in [0.1, 0.15) is 6.54 Å². The van der Waals surface area contributed by atoms with E-state index in [0.29, 0.717) is 11.4 Å². The van der Waals surface area contributed by atoms with Gasteiger partial charge < -0.3 is 15.6 Å². The third-order valence-corrected chi connectivity index (χ3v) is 3.38. The molecule has 1 aromatic carbocycles. The first-order valence-corrected chi connectivity index (χ1v) is 6.77. The molecule has 0 saturated heterocycles. The third-order valence-electron chi connectivity index (χ3n) is 2.72. The van der Waals surface area contributed by atoms with E-state index >= 15 is 0 Å². The zero-order valence-electron chi connectivity index (χ0n) is 10.9. The Labute approximate surface area is 124 Å². The van der Waals surface area contributed by atoms with E-state index < -0.39 is 0 Å². The van der Waals surface area contributed by atoms with Gasteiger partial charge in [0, 0.05) is 22.4 Å². The molecule has 2 aromatic rings. The number of hydrogen-bond acceptors (Lipinski definition) is 3. The van der Waals surface area contributed by atoms with E-state index in [4.69, 9.17) is 5.73 Å². The molecular weight excluding hydrogens is 322 g/mol. The Hall–Kier alpha value is -2.08. The van der Waals surface area contributed by atoms with Crippen LogP contribution in [0.5, 0.6) is 0 Å². The first-order chi connectivity index (χ1) is 9.45. The topological polar surface area (TPSA) is 77.1 Å². The molecule has 0 radical (unpaired) electrons. The van der Waals surface area contributed by atoms with Gasteiger partial charge in [-0.2, -0.15) is 0 Å². The number of carbonyl (C=O) groups excluding carboxylic acids is 1. The Bertz CT molecular complexity index is 710. The number of pyridine rings is 1. The lowest BCUT2D eigenvalue weighted by atomic mass is 10.2. The van der Waals surface area contributed by atoms with Gasteiger partial charge in [0.05, 0.1) is 5.69 Å². The summed E-state index contributed by atoms with van der Waals surface area (Å²) in [6.07, 6.45) is 1.45. The van der Waals surface area contributed by atoms with Crippen molar-refractivity contribution < 1.29 is 4.79 Å². The molecule has 0 fully saturated rings. The molecule has 5 nitrogen and oxygen atoms in total. The lowest BCUT2D eigenvalue weighted by molar-refractivity contribution is -0.116. The average molecular weight is 336 g/mol. The smallest absolute Gasteiger partial charge is 0.251 e. The second kappa shape index (κ2) is 5.92. The number of nitrogens with zero attached hydrogens (tertiary/aromatic N) is 1. The molecule has 0 aliphatic carbocycles. The Morgan fingerprint density at radius 1 is 1.35 bits per heavy atom. The molecule has 0 saturated carbocycles. The zero-order valence-corrected chi connectivity index (χ0v) is 12.5. The van der Waals surface area contributed by atoms with Crippen LogP contribution in [0.15, 0.2) is 45.8 Å². The monoisotopic (exact) mass is 335 g/mol. The average Bonchev–Trinajstić information content (AvgIpc) is 2.37. The molecule has 0 spiro atoms. The molecule has 0 bridgehead atoms. The van der Waals surface area contributed by atoms with Crippen LogP contribution in [0.3, 0.4) is 0 Å². The van der Waals surface area contributed by atoms with Crippen LogP contribution in [0.25, 0.3) is 0 Å². The van der Waals surface area contributed by atoms with E-state index in [9.17, 15) is 9.59 Å². The highest BCUT2D eigenvalue weighted by molar-refractivity contribution is 9.10. The SMILES string of the molecule is Cc1ccc(NC(=O)Cn2cc(N)ccc2=O)c(Br)c1. The Kier molecular flexibility index (Phi) is 4.24. The zero-order chi connectivity index (χ0) is 14.7. The number of carbonyl (C=O) groups is 1. The van der Waals surface area contributed by atoms with Crippen molar-refractivity contribution in [3.05, 3.63) is 56.9 Å². The minimum Gasteiger partial charge on any atom is -0.398 e. The fourth-order valence-corrected chi connectivity index (χ4v) is 2.33. The maximum atomic E-state index is 12.0. The minimum atomic E-state index is -0.290. The number of hydrogen-bond donors (Lipinski definition) is 2. The molecule has 0 aliphatic heterocycles. The minimum absolute atomic E-state index is 0.0792. The molecule has 3 N–H and O–H groups in total. The predicted octanol–water partition coefficient (Wildman–Crippen LogP) is 2.14. The molecule has 20 heavy (non-hydrogen) atoms. The highest BCUT2D eigenvalue weighted by Crippen LogP contribution is 2.23. The number of amides is 1. The van der Waals surface area contributed by atoms with Crippen molar-refractivity contribution in [1.29, 1.82) is 0 Å². The quantitative estimate of drug-likeness (QED) is 0.902. The number of halogens is 1. The highest BCUT2D eigenvalue weighted by Gasteiger charge is 2.07. The van der Waals surface area contributed by atoms with E-state index in [1.165, 1.54) is 22.9 Å². The number of nitrogens with two attached hydrogens (primary N) is 1. The number of nitrogen functional groups attached to an aromatic ring is 1. The lowest BCUT2D eigenvalue weighted by Gasteiger charge is -2.09. The number of aryl methyl sites for hydroxylation is 1. The molecule has 1 aromatic heterocycles. The molecule has 1 amide bonds. The summed E-state index contributed by atoms with van der Waals surface area (Å²) in [5.41, 5.74) is 7.52. The molecule has 6 heteroatoms. The third kappa shape index (κ3) is 3.48. The van der Waals surface area contributed by atoms with Gasteiger partial charge in [-0.1, -0.05) is 6.07 Å². The maximum absolute atomic E-state index is 12.0. The van der Waals surface area contributed by atoms with E-state index in [1.807, 2.05) is 19.1 Å². The van der Waals surface area contributed by atoms with Gasteiger partial charge in [0.15, 0.2) is 0 Å². The molecule has 1 heterocycles. The number of rotatable bonds is 3. The van der Waals surface area contributed by atoms with Crippen molar-refractivity contribution in [2.24, 2.45) is 0 Å². The number of benzene rings is 1. The normalized spacial score (nSPS) is 10.3. The van der Waals surface area contributed by atoms with E-state index in [1.54, 1.807) is 6.07 Å². The van der Waals surface area contributed by atoms with Crippen molar-refractivity contribution in [3.63, 3.8) is 0 Å². The van der Waals surface area contributed by atoms with Crippen molar-refractivity contribution in [3.8, 4) is 0 Å². The summed E-state index contributed by atoms with van der Waals surface area (Å²) in [5.74, 6) is -0.290. The molecule has 0 unspecified atom stereocenters. The summed E-state index contributed by atoms with van der Waals surface area (Å²) < 4.78 is 2.07. The van der Waals surface area contributed by atoms with Gasteiger partial charge in [0.2, 0.25) is 5.91 Å². The maximum Gasteiger partial charge on any atom is 0.251 e. The van der Waals surface area contributed by atoms with Gasteiger partial charge in [-0.3, -0.25) is 9.59 Å². The Balaban J connectivity index is 2.13. The lowest BCUT2D eigenvalue weighted by Crippen LogP contribution is -2.27. The predicted molar refractivity (Wildman–Crippen MR) is 82.6 cm³/mol. The molecule has 104 valence electrons. The fraction of sp³-hybridized carbons (Fsp3) is 0.143. The summed E-state index contributed by atoms with van der Waals surface area (Å²) in [6.45, 7) is 1.88. The molecular formula is C14H14BrN3O2. The molecule has 0 atom stereocenters. The van der Waals surface area contributed by atoms with E-state index in [2.05, 4.69) is 21.2 Å².